The summed E-state index contributed by atoms with van der Waals surface area (Å²) in [5.74, 6) is -1.46. The molecule has 0 aliphatic heterocycles. The first-order valence-electron chi connectivity index (χ1n) is 6.97. The molecule has 0 bridgehead atoms. The first-order chi connectivity index (χ1) is 11.1. The van der Waals surface area contributed by atoms with Gasteiger partial charge in [0, 0.05) is 11.1 Å². The molecule has 23 heavy (non-hydrogen) atoms. The number of nitrogens with zero attached hydrogens (tertiary/aromatic N) is 3. The van der Waals surface area contributed by atoms with E-state index in [-0.39, 0.29) is 18.1 Å². The monoisotopic (exact) mass is 310 g/mol. The van der Waals surface area contributed by atoms with Crippen LogP contribution >= 0.6 is 0 Å². The molecule has 0 atom stereocenters. The van der Waals surface area contributed by atoms with Crippen LogP contribution in [0, 0.1) is 6.92 Å². The summed E-state index contributed by atoms with van der Waals surface area (Å²) in [4.78, 5) is 23.2. The third kappa shape index (κ3) is 2.89. The van der Waals surface area contributed by atoms with Crippen LogP contribution in [0.2, 0.25) is 0 Å². The second-order valence-corrected chi connectivity index (χ2v) is 5.06. The van der Waals surface area contributed by atoms with Gasteiger partial charge in [-0.3, -0.25) is 4.79 Å². The van der Waals surface area contributed by atoms with Crippen molar-refractivity contribution in [2.75, 3.05) is 5.32 Å². The van der Waals surface area contributed by atoms with Gasteiger partial charge in [-0.25, -0.2) is 9.48 Å². The van der Waals surface area contributed by atoms with Crippen LogP contribution < -0.4 is 5.32 Å². The summed E-state index contributed by atoms with van der Waals surface area (Å²) < 4.78 is 1.27. The van der Waals surface area contributed by atoms with E-state index in [9.17, 15) is 9.59 Å². The quantitative estimate of drug-likeness (QED) is 0.769. The summed E-state index contributed by atoms with van der Waals surface area (Å²) >= 11 is 0. The Morgan fingerprint density at radius 2 is 1.91 bits per heavy atom. The highest BCUT2D eigenvalue weighted by Crippen LogP contribution is 2.22. The number of carboxylic acid groups (broad SMARTS) is 1. The molecule has 0 unspecified atom stereocenters. The molecule has 2 N–H and O–H groups in total. The molecule has 2 aromatic carbocycles. The third-order valence-electron chi connectivity index (χ3n) is 3.54. The average Bonchev–Trinajstić information content (AvgIpc) is 2.89. The van der Waals surface area contributed by atoms with E-state index in [1.54, 1.807) is 6.92 Å². The standard InChI is InChI=1S/C16H14N4O3/c1-10-15(16(22)23)18-19-20(10)9-14(21)17-13-8-4-6-11-5-2-3-7-12(11)13/h2-8H,9H2,1H3,(H,17,21)(H,22,23). The maximum absolute atomic E-state index is 12.2. The number of aromatic nitrogens is 3. The van der Waals surface area contributed by atoms with Crippen molar-refractivity contribution in [3.05, 3.63) is 53.9 Å². The van der Waals surface area contributed by atoms with E-state index in [0.29, 0.717) is 11.4 Å². The fourth-order valence-electron chi connectivity index (χ4n) is 2.37. The Morgan fingerprint density at radius 3 is 2.65 bits per heavy atom. The predicted molar refractivity (Wildman–Crippen MR) is 84.3 cm³/mol. The van der Waals surface area contributed by atoms with Crippen LogP contribution in [0.1, 0.15) is 16.2 Å². The van der Waals surface area contributed by atoms with Crippen molar-refractivity contribution in [3.8, 4) is 0 Å². The molecule has 0 radical (unpaired) electrons. The topological polar surface area (TPSA) is 97.1 Å². The number of anilines is 1. The number of carbonyl (C=O) groups is 2. The van der Waals surface area contributed by atoms with Gasteiger partial charge in [-0.05, 0) is 18.4 Å². The summed E-state index contributed by atoms with van der Waals surface area (Å²) in [7, 11) is 0. The van der Waals surface area contributed by atoms with Crippen LogP contribution in [0.5, 0.6) is 0 Å². The van der Waals surface area contributed by atoms with Crippen molar-refractivity contribution in [1.82, 2.24) is 15.0 Å². The predicted octanol–water partition coefficient (Wildman–Crippen LogP) is 2.08. The largest absolute Gasteiger partial charge is 0.476 e. The van der Waals surface area contributed by atoms with Crippen molar-refractivity contribution in [2.45, 2.75) is 13.5 Å². The Kier molecular flexibility index (Phi) is 3.76. The van der Waals surface area contributed by atoms with E-state index in [2.05, 4.69) is 15.6 Å². The molecule has 0 aliphatic carbocycles. The Morgan fingerprint density at radius 1 is 1.17 bits per heavy atom. The Balaban J connectivity index is 1.81. The summed E-state index contributed by atoms with van der Waals surface area (Å²) in [5.41, 5.74) is 0.887. The normalized spacial score (nSPS) is 10.7. The molecule has 1 heterocycles. The zero-order valence-corrected chi connectivity index (χ0v) is 12.4. The van der Waals surface area contributed by atoms with E-state index in [1.165, 1.54) is 4.68 Å². The molecule has 0 saturated carbocycles. The molecule has 7 heteroatoms. The molecule has 1 amide bonds. The molecule has 3 aromatic rings. The van der Waals surface area contributed by atoms with Crippen molar-refractivity contribution >= 4 is 28.3 Å². The lowest BCUT2D eigenvalue weighted by Gasteiger charge is -2.09. The summed E-state index contributed by atoms with van der Waals surface area (Å²) in [6.07, 6.45) is 0. The van der Waals surface area contributed by atoms with E-state index in [0.717, 1.165) is 10.8 Å². The second-order valence-electron chi connectivity index (χ2n) is 5.06. The smallest absolute Gasteiger partial charge is 0.358 e. The van der Waals surface area contributed by atoms with Gasteiger partial charge in [0.25, 0.3) is 0 Å². The van der Waals surface area contributed by atoms with Crippen molar-refractivity contribution < 1.29 is 14.7 Å². The highest BCUT2D eigenvalue weighted by molar-refractivity contribution is 6.02. The molecule has 1 aromatic heterocycles. The lowest BCUT2D eigenvalue weighted by molar-refractivity contribution is -0.117. The summed E-state index contributed by atoms with van der Waals surface area (Å²) in [5, 5.41) is 21.0. The molecule has 116 valence electrons. The van der Waals surface area contributed by atoms with Gasteiger partial charge in [0.15, 0.2) is 5.69 Å². The van der Waals surface area contributed by atoms with Crippen LogP contribution in [0.15, 0.2) is 42.5 Å². The molecule has 0 aliphatic rings. The first kappa shape index (κ1) is 14.7. The molecule has 0 fully saturated rings. The lowest BCUT2D eigenvalue weighted by Crippen LogP contribution is -2.20. The number of carboxylic acids is 1. The number of nitrogens with one attached hydrogen (secondary N) is 1. The Bertz CT molecular complexity index is 896. The van der Waals surface area contributed by atoms with Gasteiger partial charge in [-0.1, -0.05) is 41.6 Å². The highest BCUT2D eigenvalue weighted by Gasteiger charge is 2.17. The average molecular weight is 310 g/mol. The minimum absolute atomic E-state index is 0.102. The molecular formula is C16H14N4O3. The number of benzene rings is 2. The molecule has 3 rings (SSSR count). The number of rotatable bonds is 4. The zero-order valence-electron chi connectivity index (χ0n) is 12.4. The Hall–Kier alpha value is -3.22. The minimum atomic E-state index is -1.16. The van der Waals surface area contributed by atoms with Gasteiger partial charge in [0.1, 0.15) is 6.54 Å². The van der Waals surface area contributed by atoms with Crippen LogP contribution in [0.25, 0.3) is 10.8 Å². The zero-order chi connectivity index (χ0) is 16.4. The maximum atomic E-state index is 12.2. The van der Waals surface area contributed by atoms with Crippen molar-refractivity contribution in [2.24, 2.45) is 0 Å². The fraction of sp³-hybridized carbons (Fsp3) is 0.125. The van der Waals surface area contributed by atoms with Crippen molar-refractivity contribution in [1.29, 1.82) is 0 Å². The Labute approximate surface area is 131 Å². The summed E-state index contributed by atoms with van der Waals surface area (Å²) in [6.45, 7) is 1.46. The molecule has 0 saturated heterocycles. The highest BCUT2D eigenvalue weighted by atomic mass is 16.4. The molecular weight excluding hydrogens is 296 g/mol. The van der Waals surface area contributed by atoms with Gasteiger partial charge in [0.05, 0.1) is 5.69 Å². The van der Waals surface area contributed by atoms with E-state index in [4.69, 9.17) is 5.11 Å². The molecule has 7 nitrogen and oxygen atoms in total. The first-order valence-corrected chi connectivity index (χ1v) is 6.97. The number of fused-ring (bicyclic) bond motifs is 1. The van der Waals surface area contributed by atoms with Crippen LogP contribution in [0.3, 0.4) is 0 Å². The van der Waals surface area contributed by atoms with Crippen LogP contribution in [-0.4, -0.2) is 32.0 Å². The van der Waals surface area contributed by atoms with Gasteiger partial charge >= 0.3 is 5.97 Å². The maximum Gasteiger partial charge on any atom is 0.358 e. The summed E-state index contributed by atoms with van der Waals surface area (Å²) in [6, 6.07) is 13.4. The minimum Gasteiger partial charge on any atom is -0.476 e. The van der Waals surface area contributed by atoms with Crippen LogP contribution in [-0.2, 0) is 11.3 Å². The van der Waals surface area contributed by atoms with Gasteiger partial charge < -0.3 is 10.4 Å². The number of hydrogen-bond acceptors (Lipinski definition) is 4. The molecule has 0 spiro atoms. The SMILES string of the molecule is Cc1c(C(=O)O)nnn1CC(=O)Nc1cccc2ccccc12. The van der Waals surface area contributed by atoms with E-state index >= 15 is 0 Å². The van der Waals surface area contributed by atoms with Gasteiger partial charge in [-0.15, -0.1) is 5.10 Å². The van der Waals surface area contributed by atoms with Gasteiger partial charge in [0.2, 0.25) is 5.91 Å². The van der Waals surface area contributed by atoms with E-state index < -0.39 is 5.97 Å². The van der Waals surface area contributed by atoms with Crippen LogP contribution in [0.4, 0.5) is 5.69 Å². The van der Waals surface area contributed by atoms with Gasteiger partial charge in [-0.2, -0.15) is 0 Å². The number of aromatic carboxylic acids is 1. The lowest BCUT2D eigenvalue weighted by atomic mass is 10.1. The van der Waals surface area contributed by atoms with Crippen molar-refractivity contribution in [3.63, 3.8) is 0 Å². The number of amides is 1. The third-order valence-corrected chi connectivity index (χ3v) is 3.54. The number of hydrogen-bond donors (Lipinski definition) is 2. The second kappa shape index (κ2) is 5.88. The number of carbonyl (C=O) groups excluding carboxylic acids is 1. The fourth-order valence-corrected chi connectivity index (χ4v) is 2.37. The van der Waals surface area contributed by atoms with E-state index in [1.807, 2.05) is 42.5 Å².